The number of furan rings is 1. The first-order valence-electron chi connectivity index (χ1n) is 7.18. The van der Waals surface area contributed by atoms with E-state index in [-0.39, 0.29) is 0 Å². The molecule has 0 aromatic carbocycles. The molecule has 0 spiro atoms. The molecule has 3 aliphatic carbocycles. The molecule has 92 valence electrons. The summed E-state index contributed by atoms with van der Waals surface area (Å²) < 4.78 is 5.54. The highest BCUT2D eigenvalue weighted by molar-refractivity contribution is 5.18. The Morgan fingerprint density at radius 3 is 2.71 bits per heavy atom. The summed E-state index contributed by atoms with van der Waals surface area (Å²) in [5.41, 5.74) is 0. The minimum Gasteiger partial charge on any atom is -0.468 e. The molecule has 1 heterocycles. The summed E-state index contributed by atoms with van der Waals surface area (Å²) in [5.74, 6) is 5.24. The topological polar surface area (TPSA) is 25.2 Å². The second-order valence-electron chi connectivity index (χ2n) is 6.16. The summed E-state index contributed by atoms with van der Waals surface area (Å²) in [4.78, 5) is 0. The van der Waals surface area contributed by atoms with Gasteiger partial charge in [-0.1, -0.05) is 6.92 Å². The molecule has 2 nitrogen and oxygen atoms in total. The Balaban J connectivity index is 1.45. The summed E-state index contributed by atoms with van der Waals surface area (Å²) >= 11 is 0. The highest BCUT2D eigenvalue weighted by atomic mass is 16.3. The quantitative estimate of drug-likeness (QED) is 0.859. The fraction of sp³-hybridized carbons (Fsp3) is 0.733. The summed E-state index contributed by atoms with van der Waals surface area (Å²) in [6.07, 6.45) is 7.45. The van der Waals surface area contributed by atoms with Gasteiger partial charge in [0.15, 0.2) is 0 Å². The maximum absolute atomic E-state index is 5.54. The Bertz CT molecular complexity index is 383. The maximum Gasteiger partial charge on any atom is 0.120 e. The van der Waals surface area contributed by atoms with Crippen molar-refractivity contribution in [2.75, 3.05) is 0 Å². The van der Waals surface area contributed by atoms with Gasteiger partial charge in [-0.2, -0.15) is 0 Å². The highest BCUT2D eigenvalue weighted by Gasteiger charge is 2.65. The lowest BCUT2D eigenvalue weighted by atomic mass is 10.0. The average molecular weight is 231 g/mol. The predicted molar refractivity (Wildman–Crippen MR) is 66.5 cm³/mol. The van der Waals surface area contributed by atoms with Gasteiger partial charge in [-0.25, -0.2) is 0 Å². The maximum atomic E-state index is 5.54. The number of hydrogen-bond acceptors (Lipinski definition) is 2. The standard InChI is InChI=1S/C15H21NO/c1-2-11(12-4-3-7-17-12)16-15-13-9-5-6-10(8-9)14(13)15/h3-4,7,9-11,13-16H,2,5-6,8H2,1H3. The largest absolute Gasteiger partial charge is 0.468 e. The Kier molecular flexibility index (Phi) is 2.17. The van der Waals surface area contributed by atoms with Crippen LogP contribution in [0.3, 0.4) is 0 Å². The van der Waals surface area contributed by atoms with Crippen LogP contribution < -0.4 is 5.32 Å². The SMILES string of the molecule is CCC(NC1C2C3CCC(C3)C12)c1ccco1. The molecule has 3 aliphatic rings. The van der Waals surface area contributed by atoms with E-state index in [9.17, 15) is 0 Å². The van der Waals surface area contributed by atoms with Gasteiger partial charge in [0.05, 0.1) is 12.3 Å². The molecule has 0 radical (unpaired) electrons. The smallest absolute Gasteiger partial charge is 0.120 e. The van der Waals surface area contributed by atoms with E-state index in [1.54, 1.807) is 6.26 Å². The number of hydrogen-bond donors (Lipinski definition) is 1. The van der Waals surface area contributed by atoms with E-state index < -0.39 is 0 Å². The summed E-state index contributed by atoms with van der Waals surface area (Å²) in [6.45, 7) is 2.24. The minimum atomic E-state index is 0.431. The van der Waals surface area contributed by atoms with E-state index in [2.05, 4.69) is 18.3 Å². The van der Waals surface area contributed by atoms with Gasteiger partial charge in [0, 0.05) is 6.04 Å². The van der Waals surface area contributed by atoms with Crippen LogP contribution >= 0.6 is 0 Å². The van der Waals surface area contributed by atoms with E-state index in [1.807, 2.05) is 6.07 Å². The molecule has 3 fully saturated rings. The number of fused-ring (bicyclic) bond motifs is 5. The molecule has 1 aromatic rings. The molecular weight excluding hydrogens is 210 g/mol. The lowest BCUT2D eigenvalue weighted by molar-refractivity contribution is 0.366. The molecule has 0 saturated heterocycles. The highest BCUT2D eigenvalue weighted by Crippen LogP contribution is 2.65. The second-order valence-corrected chi connectivity index (χ2v) is 6.16. The first-order chi connectivity index (χ1) is 8.38. The van der Waals surface area contributed by atoms with Gasteiger partial charge in [0.1, 0.15) is 5.76 Å². The zero-order valence-corrected chi connectivity index (χ0v) is 10.4. The van der Waals surface area contributed by atoms with Crippen LogP contribution in [0.4, 0.5) is 0 Å². The van der Waals surface area contributed by atoms with Crippen molar-refractivity contribution in [3.05, 3.63) is 24.2 Å². The van der Waals surface area contributed by atoms with Crippen LogP contribution in [0, 0.1) is 23.7 Å². The molecule has 5 atom stereocenters. The average Bonchev–Trinajstić information content (AvgIpc) is 2.86. The van der Waals surface area contributed by atoms with Crippen LogP contribution in [-0.4, -0.2) is 6.04 Å². The third-order valence-corrected chi connectivity index (χ3v) is 5.42. The molecular formula is C15H21NO. The van der Waals surface area contributed by atoms with Gasteiger partial charge in [0.2, 0.25) is 0 Å². The van der Waals surface area contributed by atoms with Crippen molar-refractivity contribution in [2.24, 2.45) is 23.7 Å². The molecule has 5 unspecified atom stereocenters. The van der Waals surface area contributed by atoms with Crippen LogP contribution in [0.2, 0.25) is 0 Å². The molecule has 2 heteroatoms. The first kappa shape index (κ1) is 10.2. The van der Waals surface area contributed by atoms with E-state index in [0.717, 1.165) is 41.9 Å². The van der Waals surface area contributed by atoms with Crippen molar-refractivity contribution in [1.29, 1.82) is 0 Å². The normalized spacial score (nSPS) is 43.7. The van der Waals surface area contributed by atoms with Crippen molar-refractivity contribution in [3.63, 3.8) is 0 Å². The van der Waals surface area contributed by atoms with Crippen LogP contribution in [0.1, 0.15) is 44.4 Å². The lowest BCUT2D eigenvalue weighted by Gasteiger charge is -2.17. The van der Waals surface area contributed by atoms with Crippen molar-refractivity contribution in [1.82, 2.24) is 5.32 Å². The van der Waals surface area contributed by atoms with E-state index >= 15 is 0 Å². The third-order valence-electron chi connectivity index (χ3n) is 5.42. The Morgan fingerprint density at radius 2 is 2.12 bits per heavy atom. The molecule has 1 N–H and O–H groups in total. The van der Waals surface area contributed by atoms with E-state index in [0.29, 0.717) is 6.04 Å². The lowest BCUT2D eigenvalue weighted by Crippen LogP contribution is -2.27. The molecule has 0 aliphatic heterocycles. The third kappa shape index (κ3) is 1.43. The Morgan fingerprint density at radius 1 is 1.35 bits per heavy atom. The second kappa shape index (κ2) is 3.61. The minimum absolute atomic E-state index is 0.431. The molecule has 0 amide bonds. The van der Waals surface area contributed by atoms with Crippen LogP contribution in [0.15, 0.2) is 22.8 Å². The molecule has 17 heavy (non-hydrogen) atoms. The van der Waals surface area contributed by atoms with Crippen molar-refractivity contribution >= 4 is 0 Å². The fourth-order valence-corrected chi connectivity index (χ4v) is 4.67. The Labute approximate surface area is 103 Å². The zero-order chi connectivity index (χ0) is 11.4. The van der Waals surface area contributed by atoms with Crippen molar-refractivity contribution < 1.29 is 4.42 Å². The predicted octanol–water partition coefficient (Wildman–Crippen LogP) is 3.36. The first-order valence-corrected chi connectivity index (χ1v) is 7.18. The van der Waals surface area contributed by atoms with E-state index in [1.165, 1.54) is 19.3 Å². The zero-order valence-electron chi connectivity index (χ0n) is 10.4. The number of nitrogens with one attached hydrogen (secondary N) is 1. The molecule has 3 saturated carbocycles. The summed E-state index contributed by atoms with van der Waals surface area (Å²) in [6, 6.07) is 5.33. The van der Waals surface area contributed by atoms with Crippen LogP contribution in [0.5, 0.6) is 0 Å². The number of rotatable bonds is 4. The van der Waals surface area contributed by atoms with Gasteiger partial charge < -0.3 is 9.73 Å². The van der Waals surface area contributed by atoms with Crippen molar-refractivity contribution in [3.8, 4) is 0 Å². The Hall–Kier alpha value is -0.760. The van der Waals surface area contributed by atoms with E-state index in [4.69, 9.17) is 4.42 Å². The van der Waals surface area contributed by atoms with Crippen LogP contribution in [0.25, 0.3) is 0 Å². The summed E-state index contributed by atoms with van der Waals surface area (Å²) in [7, 11) is 0. The van der Waals surface area contributed by atoms with Crippen LogP contribution in [-0.2, 0) is 0 Å². The molecule has 4 rings (SSSR count). The fourth-order valence-electron chi connectivity index (χ4n) is 4.67. The monoisotopic (exact) mass is 231 g/mol. The summed E-state index contributed by atoms with van der Waals surface area (Å²) in [5, 5.41) is 3.85. The van der Waals surface area contributed by atoms with Gasteiger partial charge in [0.25, 0.3) is 0 Å². The molecule has 2 bridgehead atoms. The van der Waals surface area contributed by atoms with Crippen molar-refractivity contribution in [2.45, 2.75) is 44.7 Å². The van der Waals surface area contributed by atoms with Gasteiger partial charge in [-0.05, 0) is 61.5 Å². The van der Waals surface area contributed by atoms with Gasteiger partial charge >= 0.3 is 0 Å². The molecule has 1 aromatic heterocycles. The van der Waals surface area contributed by atoms with Gasteiger partial charge in [-0.3, -0.25) is 0 Å². The van der Waals surface area contributed by atoms with Gasteiger partial charge in [-0.15, -0.1) is 0 Å².